The highest BCUT2D eigenvalue weighted by Gasteiger charge is 2.05. The van der Waals surface area contributed by atoms with Crippen LogP contribution in [0.2, 0.25) is 0 Å². The largest absolute Gasteiger partial charge is 0.0851 e. The van der Waals surface area contributed by atoms with E-state index in [9.17, 15) is 0 Å². The third-order valence-corrected chi connectivity index (χ3v) is 3.00. The van der Waals surface area contributed by atoms with E-state index in [1.807, 2.05) is 0 Å². The molecule has 1 aliphatic rings. The van der Waals surface area contributed by atoms with Gasteiger partial charge >= 0.3 is 0 Å². The van der Waals surface area contributed by atoms with E-state index in [-0.39, 0.29) is 0 Å². The molecule has 0 spiro atoms. The van der Waals surface area contributed by atoms with Crippen molar-refractivity contribution >= 4 is 0 Å². The molecule has 1 fully saturated rings. The molecule has 0 nitrogen and oxygen atoms in total. The lowest BCUT2D eigenvalue weighted by atomic mass is 9.92. The Kier molecular flexibility index (Phi) is 4.42. The van der Waals surface area contributed by atoms with Gasteiger partial charge in [-0.1, -0.05) is 38.3 Å². The van der Waals surface area contributed by atoms with E-state index >= 15 is 0 Å². The van der Waals surface area contributed by atoms with Crippen molar-refractivity contribution in [2.24, 2.45) is 5.92 Å². The molecule has 0 radical (unpaired) electrons. The fraction of sp³-hybridized carbons (Fsp3) is 0.833. The minimum absolute atomic E-state index is 0.888. The molecule has 0 bridgehead atoms. The molecule has 12 heavy (non-hydrogen) atoms. The lowest BCUT2D eigenvalue weighted by Gasteiger charge is -2.14. The molecule has 0 aliphatic heterocycles. The summed E-state index contributed by atoms with van der Waals surface area (Å²) >= 11 is 0. The van der Waals surface area contributed by atoms with Crippen molar-refractivity contribution in [3.8, 4) is 0 Å². The van der Waals surface area contributed by atoms with Gasteiger partial charge in [-0.2, -0.15) is 0 Å². The summed E-state index contributed by atoms with van der Waals surface area (Å²) in [5.41, 5.74) is 1.74. The van der Waals surface area contributed by atoms with E-state index in [1.54, 1.807) is 5.57 Å². The van der Waals surface area contributed by atoms with Crippen LogP contribution >= 0.6 is 0 Å². The summed E-state index contributed by atoms with van der Waals surface area (Å²) in [7, 11) is 0. The van der Waals surface area contributed by atoms with Crippen molar-refractivity contribution < 1.29 is 0 Å². The van der Waals surface area contributed by atoms with Crippen LogP contribution in [-0.4, -0.2) is 0 Å². The van der Waals surface area contributed by atoms with Gasteiger partial charge in [-0.05, 0) is 38.0 Å². The molecule has 0 heterocycles. The van der Waals surface area contributed by atoms with E-state index in [0.29, 0.717) is 0 Å². The molecule has 0 heteroatoms. The molecule has 0 N–H and O–H groups in total. The predicted molar refractivity (Wildman–Crippen MR) is 55.2 cm³/mol. The third-order valence-electron chi connectivity index (χ3n) is 3.00. The van der Waals surface area contributed by atoms with Gasteiger partial charge in [0.1, 0.15) is 0 Å². The molecule has 70 valence electrons. The lowest BCUT2D eigenvalue weighted by Crippen LogP contribution is -1.95. The molecule has 1 unspecified atom stereocenters. The Morgan fingerprint density at radius 2 is 1.92 bits per heavy atom. The quantitative estimate of drug-likeness (QED) is 0.548. The van der Waals surface area contributed by atoms with Crippen LogP contribution in [0, 0.1) is 5.92 Å². The molecule has 0 aromatic rings. The SMILES string of the molecule is CCC(C)CC=C1CCCCC1. The van der Waals surface area contributed by atoms with Crippen molar-refractivity contribution in [3.63, 3.8) is 0 Å². The molecule has 0 aromatic carbocycles. The summed E-state index contributed by atoms with van der Waals surface area (Å²) in [4.78, 5) is 0. The van der Waals surface area contributed by atoms with Gasteiger partial charge in [-0.3, -0.25) is 0 Å². The van der Waals surface area contributed by atoms with Gasteiger partial charge in [0.25, 0.3) is 0 Å². The highest BCUT2D eigenvalue weighted by molar-refractivity contribution is 5.04. The maximum Gasteiger partial charge on any atom is -0.0320 e. The van der Waals surface area contributed by atoms with Gasteiger partial charge in [-0.25, -0.2) is 0 Å². The zero-order valence-electron chi connectivity index (χ0n) is 8.60. The van der Waals surface area contributed by atoms with Gasteiger partial charge in [0, 0.05) is 0 Å². The standard InChI is InChI=1S/C12H22/c1-3-11(2)9-10-12-7-5-4-6-8-12/h10-11H,3-9H2,1-2H3. The minimum atomic E-state index is 0.888. The van der Waals surface area contributed by atoms with Gasteiger partial charge in [-0.15, -0.1) is 0 Å². The molecule has 1 atom stereocenters. The number of allylic oxidation sites excluding steroid dienone is 2. The Bertz CT molecular complexity index is 136. The molecule has 1 rings (SSSR count). The zero-order chi connectivity index (χ0) is 8.81. The van der Waals surface area contributed by atoms with Crippen molar-refractivity contribution in [2.45, 2.75) is 58.8 Å². The first kappa shape index (κ1) is 9.83. The second-order valence-electron chi connectivity index (χ2n) is 4.17. The molecule has 0 aromatic heterocycles. The van der Waals surface area contributed by atoms with Crippen LogP contribution in [0.3, 0.4) is 0 Å². The highest BCUT2D eigenvalue weighted by atomic mass is 14.1. The van der Waals surface area contributed by atoms with Crippen molar-refractivity contribution in [1.29, 1.82) is 0 Å². The summed E-state index contributed by atoms with van der Waals surface area (Å²) in [6.45, 7) is 4.63. The first-order valence-electron chi connectivity index (χ1n) is 5.50. The van der Waals surface area contributed by atoms with Crippen LogP contribution in [0.4, 0.5) is 0 Å². The average molecular weight is 166 g/mol. The first-order chi connectivity index (χ1) is 5.83. The predicted octanol–water partition coefficient (Wildman–Crippen LogP) is 4.31. The fourth-order valence-electron chi connectivity index (χ4n) is 1.74. The van der Waals surface area contributed by atoms with Gasteiger partial charge in [0.05, 0.1) is 0 Å². The Morgan fingerprint density at radius 3 is 2.50 bits per heavy atom. The first-order valence-corrected chi connectivity index (χ1v) is 5.50. The topological polar surface area (TPSA) is 0 Å². The Balaban J connectivity index is 2.24. The van der Waals surface area contributed by atoms with Crippen LogP contribution in [0.5, 0.6) is 0 Å². The highest BCUT2D eigenvalue weighted by Crippen LogP contribution is 2.24. The second-order valence-corrected chi connectivity index (χ2v) is 4.17. The van der Waals surface area contributed by atoms with E-state index in [1.165, 1.54) is 44.9 Å². The monoisotopic (exact) mass is 166 g/mol. The third kappa shape index (κ3) is 3.42. The fourth-order valence-corrected chi connectivity index (χ4v) is 1.74. The van der Waals surface area contributed by atoms with E-state index < -0.39 is 0 Å². The minimum Gasteiger partial charge on any atom is -0.0851 e. The van der Waals surface area contributed by atoms with Crippen LogP contribution < -0.4 is 0 Å². The van der Waals surface area contributed by atoms with Crippen LogP contribution in [0.25, 0.3) is 0 Å². The van der Waals surface area contributed by atoms with Crippen molar-refractivity contribution in [3.05, 3.63) is 11.6 Å². The molecule has 1 saturated carbocycles. The van der Waals surface area contributed by atoms with Crippen LogP contribution in [0.1, 0.15) is 58.8 Å². The molecular weight excluding hydrogens is 144 g/mol. The maximum atomic E-state index is 2.51. The van der Waals surface area contributed by atoms with Gasteiger partial charge in [0.15, 0.2) is 0 Å². The summed E-state index contributed by atoms with van der Waals surface area (Å²) < 4.78 is 0. The van der Waals surface area contributed by atoms with E-state index in [4.69, 9.17) is 0 Å². The molecule has 1 aliphatic carbocycles. The summed E-state index contributed by atoms with van der Waals surface area (Å²) in [5.74, 6) is 0.888. The van der Waals surface area contributed by atoms with Crippen molar-refractivity contribution in [2.75, 3.05) is 0 Å². The number of rotatable bonds is 3. The Hall–Kier alpha value is -0.260. The number of hydrogen-bond acceptors (Lipinski definition) is 0. The van der Waals surface area contributed by atoms with E-state index in [2.05, 4.69) is 19.9 Å². The Morgan fingerprint density at radius 1 is 1.25 bits per heavy atom. The molecule has 0 saturated heterocycles. The van der Waals surface area contributed by atoms with Gasteiger partial charge < -0.3 is 0 Å². The summed E-state index contributed by atoms with van der Waals surface area (Å²) in [6, 6.07) is 0. The molecular formula is C12H22. The second kappa shape index (κ2) is 5.40. The van der Waals surface area contributed by atoms with Crippen LogP contribution in [0.15, 0.2) is 11.6 Å². The number of hydrogen-bond donors (Lipinski definition) is 0. The molecule has 0 amide bonds. The van der Waals surface area contributed by atoms with Crippen molar-refractivity contribution in [1.82, 2.24) is 0 Å². The summed E-state index contributed by atoms with van der Waals surface area (Å²) in [6.07, 6.45) is 12.2. The lowest BCUT2D eigenvalue weighted by molar-refractivity contribution is 0.555. The smallest absolute Gasteiger partial charge is 0.0320 e. The summed E-state index contributed by atoms with van der Waals surface area (Å²) in [5, 5.41) is 0. The van der Waals surface area contributed by atoms with Gasteiger partial charge in [0.2, 0.25) is 0 Å². The zero-order valence-corrected chi connectivity index (χ0v) is 8.60. The van der Waals surface area contributed by atoms with E-state index in [0.717, 1.165) is 5.92 Å². The average Bonchev–Trinajstić information content (AvgIpc) is 2.16. The Labute approximate surface area is 77.1 Å². The maximum absolute atomic E-state index is 2.51. The van der Waals surface area contributed by atoms with Crippen LogP contribution in [-0.2, 0) is 0 Å². The normalized spacial score (nSPS) is 20.7.